The van der Waals surface area contributed by atoms with Crippen LogP contribution >= 0.6 is 0 Å². The van der Waals surface area contributed by atoms with E-state index in [4.69, 9.17) is 0 Å². The van der Waals surface area contributed by atoms with Crippen LogP contribution in [0.1, 0.15) is 35.3 Å². The minimum atomic E-state index is 0.334. The standard InChI is InChI=1S/C17H22N2/c1-4-18-17(16-10-7-14(3)19-12-16)11-15-8-5-13(2)6-9-15/h5-10,12,17-18H,4,11H2,1-3H3. The topological polar surface area (TPSA) is 24.9 Å². The lowest BCUT2D eigenvalue weighted by Crippen LogP contribution is -2.23. The minimum absolute atomic E-state index is 0.334. The van der Waals surface area contributed by atoms with Crippen LogP contribution in [-0.4, -0.2) is 11.5 Å². The van der Waals surface area contributed by atoms with E-state index in [0.29, 0.717) is 6.04 Å². The molecule has 100 valence electrons. The van der Waals surface area contributed by atoms with Gasteiger partial charge in [-0.2, -0.15) is 0 Å². The van der Waals surface area contributed by atoms with Gasteiger partial charge in [0.1, 0.15) is 0 Å². The lowest BCUT2D eigenvalue weighted by Gasteiger charge is -2.18. The predicted octanol–water partition coefficient (Wildman–Crippen LogP) is 3.59. The molecule has 1 N–H and O–H groups in total. The highest BCUT2D eigenvalue weighted by atomic mass is 14.9. The van der Waals surface area contributed by atoms with Crippen molar-refractivity contribution in [1.29, 1.82) is 0 Å². The number of nitrogens with one attached hydrogen (secondary N) is 1. The Morgan fingerprint density at radius 2 is 1.79 bits per heavy atom. The van der Waals surface area contributed by atoms with Crippen LogP contribution in [0.25, 0.3) is 0 Å². The second-order valence-corrected chi connectivity index (χ2v) is 5.03. The smallest absolute Gasteiger partial charge is 0.0376 e. The fourth-order valence-electron chi connectivity index (χ4n) is 2.20. The Morgan fingerprint density at radius 3 is 2.37 bits per heavy atom. The first kappa shape index (κ1) is 13.8. The van der Waals surface area contributed by atoms with Crippen LogP contribution in [-0.2, 0) is 6.42 Å². The summed E-state index contributed by atoms with van der Waals surface area (Å²) >= 11 is 0. The summed E-state index contributed by atoms with van der Waals surface area (Å²) in [6.45, 7) is 7.25. The second kappa shape index (κ2) is 6.48. The van der Waals surface area contributed by atoms with Crippen LogP contribution in [0.15, 0.2) is 42.6 Å². The SMILES string of the molecule is CCNC(Cc1ccc(C)cc1)c1ccc(C)nc1. The number of likely N-dealkylation sites (N-methyl/N-ethyl adjacent to an activating group) is 1. The summed E-state index contributed by atoms with van der Waals surface area (Å²) in [7, 11) is 0. The van der Waals surface area contributed by atoms with E-state index in [1.165, 1.54) is 16.7 Å². The minimum Gasteiger partial charge on any atom is -0.310 e. The van der Waals surface area contributed by atoms with Crippen molar-refractivity contribution in [2.75, 3.05) is 6.54 Å². The Balaban J connectivity index is 2.15. The Morgan fingerprint density at radius 1 is 1.05 bits per heavy atom. The van der Waals surface area contributed by atoms with E-state index in [-0.39, 0.29) is 0 Å². The van der Waals surface area contributed by atoms with E-state index < -0.39 is 0 Å². The zero-order chi connectivity index (χ0) is 13.7. The van der Waals surface area contributed by atoms with Crippen molar-refractivity contribution in [3.8, 4) is 0 Å². The maximum atomic E-state index is 4.40. The van der Waals surface area contributed by atoms with E-state index in [1.807, 2.05) is 13.1 Å². The van der Waals surface area contributed by atoms with Crippen molar-refractivity contribution in [1.82, 2.24) is 10.3 Å². The van der Waals surface area contributed by atoms with Gasteiger partial charge in [0, 0.05) is 17.9 Å². The molecule has 2 rings (SSSR count). The van der Waals surface area contributed by atoms with E-state index in [2.05, 4.69) is 60.5 Å². The molecule has 0 aliphatic carbocycles. The van der Waals surface area contributed by atoms with Crippen LogP contribution < -0.4 is 5.32 Å². The molecule has 0 amide bonds. The molecule has 0 bridgehead atoms. The summed E-state index contributed by atoms with van der Waals surface area (Å²) < 4.78 is 0. The molecule has 2 nitrogen and oxygen atoms in total. The van der Waals surface area contributed by atoms with Crippen molar-refractivity contribution in [3.05, 3.63) is 65.0 Å². The largest absolute Gasteiger partial charge is 0.310 e. The molecule has 0 fully saturated rings. The van der Waals surface area contributed by atoms with E-state index in [0.717, 1.165) is 18.7 Å². The summed E-state index contributed by atoms with van der Waals surface area (Å²) in [5.74, 6) is 0. The Kier molecular flexibility index (Phi) is 4.69. The first-order chi connectivity index (χ1) is 9.19. The molecule has 0 aliphatic heterocycles. The van der Waals surface area contributed by atoms with Crippen molar-refractivity contribution < 1.29 is 0 Å². The van der Waals surface area contributed by atoms with Crippen molar-refractivity contribution in [2.45, 2.75) is 33.2 Å². The second-order valence-electron chi connectivity index (χ2n) is 5.03. The Bertz CT molecular complexity index is 500. The van der Waals surface area contributed by atoms with Crippen LogP contribution in [0.3, 0.4) is 0 Å². The van der Waals surface area contributed by atoms with E-state index in [1.54, 1.807) is 0 Å². The molecular weight excluding hydrogens is 232 g/mol. The lowest BCUT2D eigenvalue weighted by molar-refractivity contribution is 0.548. The third-order valence-corrected chi connectivity index (χ3v) is 3.35. The number of aryl methyl sites for hydroxylation is 2. The molecule has 1 aromatic carbocycles. The number of benzene rings is 1. The van der Waals surface area contributed by atoms with E-state index >= 15 is 0 Å². The number of rotatable bonds is 5. The molecule has 0 saturated carbocycles. The maximum Gasteiger partial charge on any atom is 0.0376 e. The summed E-state index contributed by atoms with van der Waals surface area (Å²) in [6.07, 6.45) is 2.98. The monoisotopic (exact) mass is 254 g/mol. The fraction of sp³-hybridized carbons (Fsp3) is 0.353. The van der Waals surface area contributed by atoms with Crippen molar-refractivity contribution >= 4 is 0 Å². The molecule has 1 heterocycles. The van der Waals surface area contributed by atoms with Gasteiger partial charge in [-0.05, 0) is 44.0 Å². The molecule has 0 radical (unpaired) electrons. The molecule has 2 heteroatoms. The van der Waals surface area contributed by atoms with Gasteiger partial charge >= 0.3 is 0 Å². The summed E-state index contributed by atoms with van der Waals surface area (Å²) in [5, 5.41) is 3.54. The average Bonchev–Trinajstić information content (AvgIpc) is 2.42. The summed E-state index contributed by atoms with van der Waals surface area (Å²) in [5.41, 5.74) is 4.99. The van der Waals surface area contributed by atoms with Gasteiger partial charge in [0.05, 0.1) is 0 Å². The third-order valence-electron chi connectivity index (χ3n) is 3.35. The van der Waals surface area contributed by atoms with Crippen LogP contribution in [0.2, 0.25) is 0 Å². The van der Waals surface area contributed by atoms with Gasteiger partial charge in [-0.1, -0.05) is 42.8 Å². The van der Waals surface area contributed by atoms with Gasteiger partial charge in [-0.15, -0.1) is 0 Å². The van der Waals surface area contributed by atoms with Gasteiger partial charge in [0.2, 0.25) is 0 Å². The summed E-state index contributed by atoms with van der Waals surface area (Å²) in [4.78, 5) is 4.40. The predicted molar refractivity (Wildman–Crippen MR) is 80.3 cm³/mol. The molecule has 1 unspecified atom stereocenters. The number of hydrogen-bond acceptors (Lipinski definition) is 2. The van der Waals surface area contributed by atoms with Gasteiger partial charge < -0.3 is 5.32 Å². The highest BCUT2D eigenvalue weighted by molar-refractivity contribution is 5.25. The van der Waals surface area contributed by atoms with Gasteiger partial charge in [-0.25, -0.2) is 0 Å². The Labute approximate surface area is 115 Å². The van der Waals surface area contributed by atoms with Gasteiger partial charge in [-0.3, -0.25) is 4.98 Å². The van der Waals surface area contributed by atoms with Crippen molar-refractivity contribution in [3.63, 3.8) is 0 Å². The molecular formula is C17H22N2. The Hall–Kier alpha value is -1.67. The van der Waals surface area contributed by atoms with Crippen LogP contribution in [0.5, 0.6) is 0 Å². The number of aromatic nitrogens is 1. The van der Waals surface area contributed by atoms with Crippen molar-refractivity contribution in [2.24, 2.45) is 0 Å². The number of hydrogen-bond donors (Lipinski definition) is 1. The third kappa shape index (κ3) is 3.90. The molecule has 0 spiro atoms. The lowest BCUT2D eigenvalue weighted by atomic mass is 9.99. The van der Waals surface area contributed by atoms with Crippen LogP contribution in [0.4, 0.5) is 0 Å². The van der Waals surface area contributed by atoms with E-state index in [9.17, 15) is 0 Å². The number of nitrogens with zero attached hydrogens (tertiary/aromatic N) is 1. The first-order valence-electron chi connectivity index (χ1n) is 6.90. The maximum absolute atomic E-state index is 4.40. The quantitative estimate of drug-likeness (QED) is 0.882. The normalized spacial score (nSPS) is 12.4. The molecule has 1 aromatic heterocycles. The van der Waals surface area contributed by atoms with Crippen LogP contribution in [0, 0.1) is 13.8 Å². The highest BCUT2D eigenvalue weighted by Gasteiger charge is 2.11. The molecule has 2 aromatic rings. The zero-order valence-corrected chi connectivity index (χ0v) is 12.0. The fourth-order valence-corrected chi connectivity index (χ4v) is 2.20. The highest BCUT2D eigenvalue weighted by Crippen LogP contribution is 2.18. The van der Waals surface area contributed by atoms with Gasteiger partial charge in [0.15, 0.2) is 0 Å². The average molecular weight is 254 g/mol. The zero-order valence-electron chi connectivity index (χ0n) is 12.0. The molecule has 0 aliphatic rings. The molecule has 19 heavy (non-hydrogen) atoms. The number of pyridine rings is 1. The van der Waals surface area contributed by atoms with Gasteiger partial charge in [0.25, 0.3) is 0 Å². The molecule has 0 saturated heterocycles. The first-order valence-corrected chi connectivity index (χ1v) is 6.90. The summed E-state index contributed by atoms with van der Waals surface area (Å²) in [6, 6.07) is 13.3. The molecule has 1 atom stereocenters.